The van der Waals surface area contributed by atoms with Crippen molar-refractivity contribution < 1.29 is 22.7 Å². The van der Waals surface area contributed by atoms with Crippen LogP contribution in [0.15, 0.2) is 23.1 Å². The standard InChI is InChI=1S/C12H17N3O5S/c1-3-15(7-11(16)20-2)21(18,19)10-5-4-8(12(14)17)6-9(10)13/h4-6H,3,7,13H2,1-2H3,(H2,14,17). The zero-order valence-corrected chi connectivity index (χ0v) is 12.5. The molecule has 0 heterocycles. The third kappa shape index (κ3) is 3.70. The third-order valence-corrected chi connectivity index (χ3v) is 4.79. The zero-order chi connectivity index (χ0) is 16.2. The second kappa shape index (κ2) is 6.55. The first-order valence-corrected chi connectivity index (χ1v) is 7.44. The minimum absolute atomic E-state index is 0.0639. The summed E-state index contributed by atoms with van der Waals surface area (Å²) in [6.45, 7) is 1.22. The molecule has 8 nitrogen and oxygen atoms in total. The van der Waals surface area contributed by atoms with Gasteiger partial charge in [-0.15, -0.1) is 0 Å². The largest absolute Gasteiger partial charge is 0.468 e. The van der Waals surface area contributed by atoms with E-state index in [0.717, 1.165) is 4.31 Å². The average Bonchev–Trinajstić information content (AvgIpc) is 2.43. The monoisotopic (exact) mass is 315 g/mol. The molecular formula is C12H17N3O5S. The fourth-order valence-corrected chi connectivity index (χ4v) is 3.14. The van der Waals surface area contributed by atoms with Gasteiger partial charge in [0.25, 0.3) is 0 Å². The summed E-state index contributed by atoms with van der Waals surface area (Å²) in [5, 5.41) is 0. The minimum Gasteiger partial charge on any atom is -0.468 e. The molecule has 0 unspecified atom stereocenters. The molecule has 116 valence electrons. The van der Waals surface area contributed by atoms with Crippen LogP contribution in [0.5, 0.6) is 0 Å². The molecule has 9 heteroatoms. The zero-order valence-electron chi connectivity index (χ0n) is 11.7. The van der Waals surface area contributed by atoms with Crippen LogP contribution in [0.1, 0.15) is 17.3 Å². The van der Waals surface area contributed by atoms with Crippen molar-refractivity contribution in [1.82, 2.24) is 4.31 Å². The Morgan fingerprint density at radius 3 is 2.38 bits per heavy atom. The molecular weight excluding hydrogens is 298 g/mol. The van der Waals surface area contributed by atoms with Gasteiger partial charge in [-0.25, -0.2) is 8.42 Å². The lowest BCUT2D eigenvalue weighted by molar-refractivity contribution is -0.140. The van der Waals surface area contributed by atoms with E-state index in [-0.39, 0.29) is 22.7 Å². The van der Waals surface area contributed by atoms with E-state index >= 15 is 0 Å². The number of likely N-dealkylation sites (N-methyl/N-ethyl adjacent to an activating group) is 1. The van der Waals surface area contributed by atoms with Gasteiger partial charge in [0, 0.05) is 12.1 Å². The summed E-state index contributed by atoms with van der Waals surface area (Å²) < 4.78 is 30.3. The van der Waals surface area contributed by atoms with Crippen molar-refractivity contribution in [3.8, 4) is 0 Å². The summed E-state index contributed by atoms with van der Waals surface area (Å²) in [7, 11) is -2.81. The Bertz CT molecular complexity index is 657. The molecule has 21 heavy (non-hydrogen) atoms. The third-order valence-electron chi connectivity index (χ3n) is 2.80. The van der Waals surface area contributed by atoms with Crippen LogP contribution in [0.4, 0.5) is 5.69 Å². The van der Waals surface area contributed by atoms with Crippen molar-refractivity contribution >= 4 is 27.6 Å². The summed E-state index contributed by atoms with van der Waals surface area (Å²) in [6.07, 6.45) is 0. The number of benzene rings is 1. The number of primary amides is 1. The second-order valence-electron chi connectivity index (χ2n) is 4.12. The van der Waals surface area contributed by atoms with Gasteiger partial charge < -0.3 is 16.2 Å². The molecule has 0 spiro atoms. The summed E-state index contributed by atoms with van der Waals surface area (Å²) in [6, 6.07) is 3.63. The first-order valence-electron chi connectivity index (χ1n) is 6.00. The molecule has 4 N–H and O–H groups in total. The highest BCUT2D eigenvalue weighted by Gasteiger charge is 2.27. The number of ether oxygens (including phenoxy) is 1. The van der Waals surface area contributed by atoms with E-state index in [9.17, 15) is 18.0 Å². The van der Waals surface area contributed by atoms with Crippen LogP contribution in [0.25, 0.3) is 0 Å². The highest BCUT2D eigenvalue weighted by Crippen LogP contribution is 2.23. The molecule has 0 aromatic heterocycles. The van der Waals surface area contributed by atoms with Crippen LogP contribution in [-0.2, 0) is 19.6 Å². The number of nitrogen functional groups attached to an aromatic ring is 1. The number of amides is 1. The first-order chi connectivity index (χ1) is 9.73. The van der Waals surface area contributed by atoms with Crippen LogP contribution >= 0.6 is 0 Å². The lowest BCUT2D eigenvalue weighted by Gasteiger charge is -2.20. The van der Waals surface area contributed by atoms with Gasteiger partial charge >= 0.3 is 5.97 Å². The molecule has 0 saturated carbocycles. The van der Waals surface area contributed by atoms with Gasteiger partial charge in [-0.1, -0.05) is 6.92 Å². The van der Waals surface area contributed by atoms with Crippen LogP contribution in [0.2, 0.25) is 0 Å². The van der Waals surface area contributed by atoms with Crippen molar-refractivity contribution in [3.63, 3.8) is 0 Å². The minimum atomic E-state index is -3.97. The van der Waals surface area contributed by atoms with Crippen molar-refractivity contribution in [2.24, 2.45) is 5.73 Å². The molecule has 1 aromatic rings. The quantitative estimate of drug-likeness (QED) is 0.539. The lowest BCUT2D eigenvalue weighted by Crippen LogP contribution is -2.36. The Morgan fingerprint density at radius 2 is 1.95 bits per heavy atom. The van der Waals surface area contributed by atoms with Crippen LogP contribution < -0.4 is 11.5 Å². The first kappa shape index (κ1) is 16.9. The fraction of sp³-hybridized carbons (Fsp3) is 0.333. The normalized spacial score (nSPS) is 11.4. The van der Waals surface area contributed by atoms with Crippen molar-refractivity contribution in [2.45, 2.75) is 11.8 Å². The number of sulfonamides is 1. The number of nitrogens with two attached hydrogens (primary N) is 2. The number of nitrogens with zero attached hydrogens (tertiary/aromatic N) is 1. The number of hydrogen-bond donors (Lipinski definition) is 2. The van der Waals surface area contributed by atoms with Crippen molar-refractivity contribution in [1.29, 1.82) is 0 Å². The Hall–Kier alpha value is -2.13. The molecule has 1 aromatic carbocycles. The molecule has 0 fully saturated rings. The van der Waals surface area contributed by atoms with E-state index in [1.54, 1.807) is 6.92 Å². The van der Waals surface area contributed by atoms with Gasteiger partial charge in [0.05, 0.1) is 12.8 Å². The Labute approximate surface area is 122 Å². The molecule has 0 radical (unpaired) electrons. The highest BCUT2D eigenvalue weighted by molar-refractivity contribution is 7.89. The van der Waals surface area contributed by atoms with Crippen LogP contribution in [0, 0.1) is 0 Å². The predicted molar refractivity (Wildman–Crippen MR) is 75.8 cm³/mol. The summed E-state index contributed by atoms with van der Waals surface area (Å²) in [5.41, 5.74) is 10.8. The van der Waals surface area contributed by atoms with Gasteiger partial charge in [0.2, 0.25) is 15.9 Å². The molecule has 0 aliphatic heterocycles. The lowest BCUT2D eigenvalue weighted by atomic mass is 10.2. The van der Waals surface area contributed by atoms with Crippen LogP contribution in [0.3, 0.4) is 0 Å². The van der Waals surface area contributed by atoms with E-state index < -0.39 is 28.4 Å². The number of carbonyl (C=O) groups is 2. The maximum Gasteiger partial charge on any atom is 0.321 e. The molecule has 0 aliphatic carbocycles. The van der Waals surface area contributed by atoms with Gasteiger partial charge in [-0.05, 0) is 18.2 Å². The predicted octanol–water partition coefficient (Wildman–Crippen LogP) is -0.449. The Morgan fingerprint density at radius 1 is 1.33 bits per heavy atom. The van der Waals surface area contributed by atoms with Gasteiger partial charge in [-0.3, -0.25) is 9.59 Å². The number of methoxy groups -OCH3 is 1. The molecule has 0 saturated heterocycles. The van der Waals surface area contributed by atoms with Crippen molar-refractivity contribution in [2.75, 3.05) is 25.9 Å². The molecule has 0 atom stereocenters. The molecule has 0 aliphatic rings. The number of esters is 1. The van der Waals surface area contributed by atoms with E-state index in [0.29, 0.717) is 0 Å². The Kier molecular flexibility index (Phi) is 5.28. The highest BCUT2D eigenvalue weighted by atomic mass is 32.2. The fourth-order valence-electron chi connectivity index (χ4n) is 1.65. The van der Waals surface area contributed by atoms with Crippen LogP contribution in [-0.4, -0.2) is 44.8 Å². The number of rotatable bonds is 6. The molecule has 0 bridgehead atoms. The number of hydrogen-bond acceptors (Lipinski definition) is 6. The van der Waals surface area contributed by atoms with Gasteiger partial charge in [0.1, 0.15) is 11.4 Å². The van der Waals surface area contributed by atoms with E-state index in [2.05, 4.69) is 4.74 Å². The SMILES string of the molecule is CCN(CC(=O)OC)S(=O)(=O)c1ccc(C(N)=O)cc1N. The number of anilines is 1. The maximum absolute atomic E-state index is 12.4. The number of carbonyl (C=O) groups excluding carboxylic acids is 2. The molecule has 1 rings (SSSR count). The summed E-state index contributed by atoms with van der Waals surface area (Å²) in [4.78, 5) is 22.1. The Balaban J connectivity index is 3.23. The summed E-state index contributed by atoms with van der Waals surface area (Å²) >= 11 is 0. The topological polar surface area (TPSA) is 133 Å². The average molecular weight is 315 g/mol. The van der Waals surface area contributed by atoms with Gasteiger partial charge in [0.15, 0.2) is 0 Å². The smallest absolute Gasteiger partial charge is 0.321 e. The molecule has 1 amide bonds. The van der Waals surface area contributed by atoms with E-state index in [1.165, 1.54) is 25.3 Å². The second-order valence-corrected chi connectivity index (χ2v) is 6.03. The maximum atomic E-state index is 12.4. The van der Waals surface area contributed by atoms with E-state index in [1.807, 2.05) is 0 Å². The van der Waals surface area contributed by atoms with Crippen molar-refractivity contribution in [3.05, 3.63) is 23.8 Å². The van der Waals surface area contributed by atoms with E-state index in [4.69, 9.17) is 11.5 Å². The van der Waals surface area contributed by atoms with Gasteiger partial charge in [-0.2, -0.15) is 4.31 Å². The summed E-state index contributed by atoms with van der Waals surface area (Å²) in [5.74, 6) is -1.40.